The highest BCUT2D eigenvalue weighted by Gasteiger charge is 2.26. The van der Waals surface area contributed by atoms with Gasteiger partial charge in [-0.05, 0) is 86.4 Å². The van der Waals surface area contributed by atoms with Gasteiger partial charge in [-0.3, -0.25) is 4.79 Å². The van der Waals surface area contributed by atoms with Crippen molar-refractivity contribution in [1.82, 2.24) is 5.32 Å². The first-order valence-electron chi connectivity index (χ1n) is 10.9. The molecule has 1 unspecified atom stereocenters. The number of nitrogens with one attached hydrogen (secondary N) is 1. The molecule has 166 valence electrons. The van der Waals surface area contributed by atoms with Crippen molar-refractivity contribution >= 4 is 23.2 Å². The summed E-state index contributed by atoms with van der Waals surface area (Å²) in [5.41, 5.74) is 4.13. The van der Waals surface area contributed by atoms with Crippen LogP contribution in [0.5, 0.6) is 0 Å². The van der Waals surface area contributed by atoms with Crippen molar-refractivity contribution in [1.29, 1.82) is 0 Å². The number of carbonyl (C=O) groups is 2. The topological polar surface area (TPSA) is 66.4 Å². The number of carboxylic acids is 1. The maximum absolute atomic E-state index is 13.4. The molecule has 2 N–H and O–H groups in total. The molecule has 0 spiro atoms. The fourth-order valence-corrected chi connectivity index (χ4v) is 5.63. The van der Waals surface area contributed by atoms with Crippen LogP contribution in [-0.2, 0) is 25.7 Å². The number of aromatic carboxylic acids is 1. The zero-order valence-electron chi connectivity index (χ0n) is 18.0. The normalized spacial score (nSPS) is 13.9. The molecule has 2 aromatic carbocycles. The van der Waals surface area contributed by atoms with Crippen LogP contribution in [-0.4, -0.2) is 17.0 Å². The maximum Gasteiger partial charge on any atom is 0.335 e. The molecule has 1 aliphatic rings. The van der Waals surface area contributed by atoms with Crippen molar-refractivity contribution in [2.45, 2.75) is 51.5 Å². The summed E-state index contributed by atoms with van der Waals surface area (Å²) in [6, 6.07) is 12.9. The van der Waals surface area contributed by atoms with Gasteiger partial charge in [-0.2, -0.15) is 0 Å². The minimum Gasteiger partial charge on any atom is -0.478 e. The van der Waals surface area contributed by atoms with Gasteiger partial charge < -0.3 is 10.4 Å². The van der Waals surface area contributed by atoms with Crippen LogP contribution in [0.4, 0.5) is 4.39 Å². The van der Waals surface area contributed by atoms with E-state index in [2.05, 4.69) is 5.32 Å². The summed E-state index contributed by atoms with van der Waals surface area (Å²) >= 11 is 1.74. The average Bonchev–Trinajstić information content (AvgIpc) is 3.17. The zero-order valence-corrected chi connectivity index (χ0v) is 18.8. The van der Waals surface area contributed by atoms with Crippen LogP contribution in [0.15, 0.2) is 48.5 Å². The Morgan fingerprint density at radius 2 is 1.72 bits per heavy atom. The van der Waals surface area contributed by atoms with Crippen molar-refractivity contribution in [3.63, 3.8) is 0 Å². The molecule has 0 radical (unpaired) electrons. The highest BCUT2D eigenvalue weighted by molar-refractivity contribution is 7.12. The van der Waals surface area contributed by atoms with Gasteiger partial charge in [-0.1, -0.05) is 24.3 Å². The fourth-order valence-electron chi connectivity index (χ4n) is 4.24. The number of hydrogen-bond acceptors (Lipinski definition) is 3. The lowest BCUT2D eigenvalue weighted by Gasteiger charge is -2.17. The monoisotopic (exact) mass is 451 g/mol. The second-order valence-electron chi connectivity index (χ2n) is 8.26. The highest BCUT2D eigenvalue weighted by atomic mass is 32.1. The Balaban J connectivity index is 1.54. The third-order valence-electron chi connectivity index (χ3n) is 6.03. The lowest BCUT2D eigenvalue weighted by molar-refractivity contribution is 0.0696. The Labute approximate surface area is 191 Å². The highest BCUT2D eigenvalue weighted by Crippen LogP contribution is 2.35. The summed E-state index contributed by atoms with van der Waals surface area (Å²) in [6.07, 6.45) is 5.68. The van der Waals surface area contributed by atoms with Crippen molar-refractivity contribution in [2.75, 3.05) is 0 Å². The third-order valence-corrected chi connectivity index (χ3v) is 7.38. The number of halogens is 1. The first-order valence-corrected chi connectivity index (χ1v) is 11.8. The van der Waals surface area contributed by atoms with Crippen molar-refractivity contribution in [3.05, 3.63) is 91.9 Å². The number of carbonyl (C=O) groups excluding carboxylic acids is 1. The van der Waals surface area contributed by atoms with E-state index in [4.69, 9.17) is 5.11 Å². The largest absolute Gasteiger partial charge is 0.478 e. The Hall–Kier alpha value is -2.99. The van der Waals surface area contributed by atoms with Gasteiger partial charge >= 0.3 is 5.97 Å². The van der Waals surface area contributed by atoms with Crippen LogP contribution < -0.4 is 5.32 Å². The van der Waals surface area contributed by atoms with Gasteiger partial charge in [0, 0.05) is 9.75 Å². The maximum atomic E-state index is 13.4. The van der Waals surface area contributed by atoms with E-state index in [-0.39, 0.29) is 23.3 Å². The van der Waals surface area contributed by atoms with Gasteiger partial charge in [-0.25, -0.2) is 9.18 Å². The first kappa shape index (κ1) is 22.2. The van der Waals surface area contributed by atoms with E-state index in [0.29, 0.717) is 0 Å². The fraction of sp³-hybridized carbons (Fsp3) is 0.308. The van der Waals surface area contributed by atoms with E-state index >= 15 is 0 Å². The van der Waals surface area contributed by atoms with Crippen LogP contribution in [0, 0.1) is 5.82 Å². The van der Waals surface area contributed by atoms with Crippen LogP contribution in [0.25, 0.3) is 0 Å². The second kappa shape index (κ2) is 9.65. The number of fused-ring (bicyclic) bond motifs is 1. The minimum absolute atomic E-state index is 0.0756. The summed E-state index contributed by atoms with van der Waals surface area (Å²) in [7, 11) is 0. The summed E-state index contributed by atoms with van der Waals surface area (Å²) in [6.45, 7) is 1.91. The Morgan fingerprint density at radius 3 is 2.41 bits per heavy atom. The lowest BCUT2D eigenvalue weighted by Crippen LogP contribution is -2.28. The predicted octanol–water partition coefficient (Wildman–Crippen LogP) is 5.74. The molecular weight excluding hydrogens is 425 g/mol. The van der Waals surface area contributed by atoms with Crippen molar-refractivity contribution in [3.8, 4) is 0 Å². The smallest absolute Gasteiger partial charge is 0.335 e. The summed E-state index contributed by atoms with van der Waals surface area (Å²) in [5, 5.41) is 12.2. The van der Waals surface area contributed by atoms with E-state index in [1.165, 1.54) is 22.6 Å². The second-order valence-corrected chi connectivity index (χ2v) is 9.45. The summed E-state index contributed by atoms with van der Waals surface area (Å²) in [4.78, 5) is 26.9. The minimum atomic E-state index is -0.969. The molecule has 4 rings (SSSR count). The average molecular weight is 452 g/mol. The molecule has 1 aliphatic carbocycles. The number of benzene rings is 2. The Kier molecular flexibility index (Phi) is 6.70. The van der Waals surface area contributed by atoms with E-state index in [1.807, 2.05) is 6.92 Å². The molecule has 1 atom stereocenters. The van der Waals surface area contributed by atoms with Gasteiger partial charge in [-0.15, -0.1) is 11.3 Å². The van der Waals surface area contributed by atoms with Gasteiger partial charge in [0.05, 0.1) is 17.2 Å². The SMILES string of the molecule is CC(NC(=O)c1c(CCc2ccc(F)cc2)sc2c1CCCC2)c1ccc(C(=O)O)cc1. The Morgan fingerprint density at radius 1 is 1.03 bits per heavy atom. The zero-order chi connectivity index (χ0) is 22.7. The lowest BCUT2D eigenvalue weighted by atomic mass is 9.93. The predicted molar refractivity (Wildman–Crippen MR) is 124 cm³/mol. The van der Waals surface area contributed by atoms with Crippen LogP contribution in [0.3, 0.4) is 0 Å². The van der Waals surface area contributed by atoms with Crippen LogP contribution >= 0.6 is 11.3 Å². The number of thiophene rings is 1. The van der Waals surface area contributed by atoms with Crippen molar-refractivity contribution in [2.24, 2.45) is 0 Å². The molecule has 0 aliphatic heterocycles. The molecule has 1 aromatic heterocycles. The molecule has 0 saturated heterocycles. The number of aryl methyl sites for hydroxylation is 3. The molecule has 32 heavy (non-hydrogen) atoms. The molecule has 0 fully saturated rings. The molecule has 1 heterocycles. The van der Waals surface area contributed by atoms with E-state index < -0.39 is 5.97 Å². The van der Waals surface area contributed by atoms with E-state index in [9.17, 15) is 14.0 Å². The van der Waals surface area contributed by atoms with Gasteiger partial charge in [0.15, 0.2) is 0 Å². The number of amides is 1. The van der Waals surface area contributed by atoms with Gasteiger partial charge in [0.1, 0.15) is 5.82 Å². The number of hydrogen-bond donors (Lipinski definition) is 2. The van der Waals surface area contributed by atoms with Crippen molar-refractivity contribution < 1.29 is 19.1 Å². The Bertz CT molecular complexity index is 1120. The van der Waals surface area contributed by atoms with Gasteiger partial charge in [0.25, 0.3) is 5.91 Å². The number of rotatable bonds is 7. The summed E-state index contributed by atoms with van der Waals surface area (Å²) < 4.78 is 13.2. The first-order chi connectivity index (χ1) is 15.4. The van der Waals surface area contributed by atoms with E-state index in [1.54, 1.807) is 47.7 Å². The molecule has 0 saturated carbocycles. The summed E-state index contributed by atoms with van der Waals surface area (Å²) in [5.74, 6) is -1.29. The molecular formula is C26H26FNO3S. The molecule has 6 heteroatoms. The van der Waals surface area contributed by atoms with E-state index in [0.717, 1.165) is 60.1 Å². The van der Waals surface area contributed by atoms with Crippen LogP contribution in [0.2, 0.25) is 0 Å². The van der Waals surface area contributed by atoms with Gasteiger partial charge in [0.2, 0.25) is 0 Å². The molecule has 3 aromatic rings. The molecule has 4 nitrogen and oxygen atoms in total. The molecule has 1 amide bonds. The quantitative estimate of drug-likeness (QED) is 0.481. The third kappa shape index (κ3) is 4.91. The molecule has 0 bridgehead atoms. The standard InChI is InChI=1S/C26H26FNO3S/c1-16(18-9-11-19(12-10-18)26(30)31)28-25(29)24-21-4-2-3-5-22(21)32-23(24)15-8-17-6-13-20(27)14-7-17/h6-7,9-14,16H,2-5,8,15H2,1H3,(H,28,29)(H,30,31). The number of carboxylic acid groups (broad SMARTS) is 1. The van der Waals surface area contributed by atoms with Crippen LogP contribution in [0.1, 0.15) is 73.0 Å².